The monoisotopic (exact) mass is 477 g/mol. The molecule has 0 aliphatic heterocycles. The number of hydrogen-bond donors (Lipinski definition) is 2. The number of ether oxygens (including phenoxy) is 2. The first kappa shape index (κ1) is 25.1. The van der Waals surface area contributed by atoms with E-state index in [0.29, 0.717) is 13.2 Å². The van der Waals surface area contributed by atoms with Crippen LogP contribution in [0.4, 0.5) is 0 Å². The van der Waals surface area contributed by atoms with Crippen molar-refractivity contribution in [1.29, 1.82) is 0 Å². The van der Waals surface area contributed by atoms with Gasteiger partial charge < -0.3 is 20.1 Å². The van der Waals surface area contributed by atoms with Crippen LogP contribution >= 0.6 is 24.0 Å². The molecule has 0 fully saturated rings. The summed E-state index contributed by atoms with van der Waals surface area (Å²) in [6.45, 7) is 10.3. The molecule has 0 unspecified atom stereocenters. The highest BCUT2D eigenvalue weighted by Gasteiger charge is 2.20. The second kappa shape index (κ2) is 14.2. The molecule has 150 valence electrons. The number of hydrogen-bond acceptors (Lipinski definition) is 3. The van der Waals surface area contributed by atoms with Gasteiger partial charge in [0.15, 0.2) is 5.96 Å². The molecule has 5 nitrogen and oxygen atoms in total. The van der Waals surface area contributed by atoms with Gasteiger partial charge in [-0.2, -0.15) is 0 Å². The fourth-order valence-electron chi connectivity index (χ4n) is 2.44. The Balaban J connectivity index is 0.00000625. The fourth-order valence-corrected chi connectivity index (χ4v) is 2.44. The van der Waals surface area contributed by atoms with Crippen LogP contribution in [0.1, 0.15) is 38.3 Å². The minimum Gasteiger partial charge on any atom is -0.382 e. The molecule has 0 spiro atoms. The second-order valence-electron chi connectivity index (χ2n) is 6.75. The Morgan fingerprint density at radius 3 is 2.35 bits per heavy atom. The van der Waals surface area contributed by atoms with Crippen LogP contribution in [0, 0.1) is 0 Å². The average molecular weight is 477 g/mol. The summed E-state index contributed by atoms with van der Waals surface area (Å²) in [7, 11) is 3.48. The first-order chi connectivity index (χ1) is 12.0. The van der Waals surface area contributed by atoms with E-state index >= 15 is 0 Å². The molecule has 0 saturated carbocycles. The molecule has 0 amide bonds. The number of rotatable bonds is 11. The smallest absolute Gasteiger partial charge is 0.191 e. The third-order valence-electron chi connectivity index (χ3n) is 4.25. The van der Waals surface area contributed by atoms with Gasteiger partial charge in [-0.3, -0.25) is 4.99 Å². The minimum absolute atomic E-state index is 0. The maximum atomic E-state index is 5.46. The number of guanidine groups is 1. The summed E-state index contributed by atoms with van der Waals surface area (Å²) in [5, 5.41) is 6.76. The van der Waals surface area contributed by atoms with Gasteiger partial charge in [0.2, 0.25) is 0 Å². The minimum atomic E-state index is 0. The molecule has 1 aromatic carbocycles. The standard InChI is InChI=1S/C20H35N3O2.HI/c1-6-17-8-10-18(11-9-17)20(2,3)16-23-19(21-4)22-12-7-13-25-15-14-24-5;/h8-11H,6-7,12-16H2,1-5H3,(H2,21,22,23);1H. The maximum absolute atomic E-state index is 5.46. The molecule has 0 bridgehead atoms. The third-order valence-corrected chi connectivity index (χ3v) is 4.25. The number of methoxy groups -OCH3 is 1. The van der Waals surface area contributed by atoms with Crippen LogP contribution in [-0.4, -0.2) is 53.0 Å². The molecular formula is C20H36IN3O2. The summed E-state index contributed by atoms with van der Waals surface area (Å²) in [4.78, 5) is 4.29. The summed E-state index contributed by atoms with van der Waals surface area (Å²) < 4.78 is 10.4. The summed E-state index contributed by atoms with van der Waals surface area (Å²) in [5.74, 6) is 0.829. The molecule has 0 atom stereocenters. The molecule has 0 aliphatic rings. The lowest BCUT2D eigenvalue weighted by Crippen LogP contribution is -2.43. The van der Waals surface area contributed by atoms with Crippen LogP contribution in [-0.2, 0) is 21.3 Å². The lowest BCUT2D eigenvalue weighted by atomic mass is 9.84. The molecular weight excluding hydrogens is 441 g/mol. The van der Waals surface area contributed by atoms with Gasteiger partial charge in [0.05, 0.1) is 13.2 Å². The molecule has 1 aromatic rings. The van der Waals surface area contributed by atoms with Crippen LogP contribution in [0.15, 0.2) is 29.3 Å². The molecule has 0 aromatic heterocycles. The molecule has 0 radical (unpaired) electrons. The van der Waals surface area contributed by atoms with Crippen molar-refractivity contribution < 1.29 is 9.47 Å². The summed E-state index contributed by atoms with van der Waals surface area (Å²) in [6.07, 6.45) is 2.01. The van der Waals surface area contributed by atoms with Gasteiger partial charge in [0.1, 0.15) is 0 Å². The SMILES string of the molecule is CCc1ccc(C(C)(C)CNC(=NC)NCCCOCCOC)cc1.I. The number of halogens is 1. The molecule has 0 saturated heterocycles. The van der Waals surface area contributed by atoms with Crippen molar-refractivity contribution in [1.82, 2.24) is 10.6 Å². The largest absolute Gasteiger partial charge is 0.382 e. The predicted molar refractivity (Wildman–Crippen MR) is 121 cm³/mol. The molecule has 26 heavy (non-hydrogen) atoms. The van der Waals surface area contributed by atoms with E-state index < -0.39 is 0 Å². The van der Waals surface area contributed by atoms with E-state index in [1.807, 2.05) is 0 Å². The number of benzene rings is 1. The van der Waals surface area contributed by atoms with Gasteiger partial charge in [-0.1, -0.05) is 45.0 Å². The van der Waals surface area contributed by atoms with Crippen molar-refractivity contribution >= 4 is 29.9 Å². The predicted octanol–water partition coefficient (Wildman–Crippen LogP) is 3.36. The van der Waals surface area contributed by atoms with Crippen molar-refractivity contribution in [2.45, 2.75) is 39.0 Å². The maximum Gasteiger partial charge on any atom is 0.191 e. The first-order valence-corrected chi connectivity index (χ1v) is 9.14. The lowest BCUT2D eigenvalue weighted by Gasteiger charge is -2.27. The van der Waals surface area contributed by atoms with Gasteiger partial charge >= 0.3 is 0 Å². The van der Waals surface area contributed by atoms with Gasteiger partial charge in [-0.15, -0.1) is 24.0 Å². The van der Waals surface area contributed by atoms with Crippen molar-refractivity contribution in [2.24, 2.45) is 4.99 Å². The molecule has 0 aliphatic carbocycles. The van der Waals surface area contributed by atoms with Crippen molar-refractivity contribution in [2.75, 3.05) is 47.1 Å². The number of aryl methyl sites for hydroxylation is 1. The van der Waals surface area contributed by atoms with E-state index in [1.165, 1.54) is 11.1 Å². The van der Waals surface area contributed by atoms with Crippen LogP contribution in [0.5, 0.6) is 0 Å². The average Bonchev–Trinajstić information content (AvgIpc) is 2.63. The van der Waals surface area contributed by atoms with E-state index in [-0.39, 0.29) is 29.4 Å². The summed E-state index contributed by atoms with van der Waals surface area (Å²) >= 11 is 0. The van der Waals surface area contributed by atoms with Crippen LogP contribution in [0.2, 0.25) is 0 Å². The quantitative estimate of drug-likeness (QED) is 0.222. The zero-order valence-electron chi connectivity index (χ0n) is 16.9. The first-order valence-electron chi connectivity index (χ1n) is 9.14. The lowest BCUT2D eigenvalue weighted by molar-refractivity contribution is 0.0698. The highest BCUT2D eigenvalue weighted by Crippen LogP contribution is 2.22. The van der Waals surface area contributed by atoms with E-state index in [2.05, 4.69) is 60.7 Å². The highest BCUT2D eigenvalue weighted by atomic mass is 127. The Morgan fingerprint density at radius 2 is 1.77 bits per heavy atom. The van der Waals surface area contributed by atoms with Crippen LogP contribution < -0.4 is 10.6 Å². The third kappa shape index (κ3) is 9.73. The zero-order valence-corrected chi connectivity index (χ0v) is 19.3. The number of nitrogens with one attached hydrogen (secondary N) is 2. The second-order valence-corrected chi connectivity index (χ2v) is 6.75. The fraction of sp³-hybridized carbons (Fsp3) is 0.650. The summed E-state index contributed by atoms with van der Waals surface area (Å²) in [6, 6.07) is 8.89. The van der Waals surface area contributed by atoms with E-state index in [9.17, 15) is 0 Å². The van der Waals surface area contributed by atoms with Crippen LogP contribution in [0.3, 0.4) is 0 Å². The Labute approximate surface area is 176 Å². The molecule has 2 N–H and O–H groups in total. The zero-order chi connectivity index (χ0) is 18.5. The van der Waals surface area contributed by atoms with E-state index in [0.717, 1.165) is 38.5 Å². The Hall–Kier alpha value is -0.860. The molecule has 1 rings (SSSR count). The Kier molecular flexibility index (Phi) is 13.8. The van der Waals surface area contributed by atoms with E-state index in [4.69, 9.17) is 9.47 Å². The highest BCUT2D eigenvalue weighted by molar-refractivity contribution is 14.0. The van der Waals surface area contributed by atoms with Gasteiger partial charge in [-0.25, -0.2) is 0 Å². The van der Waals surface area contributed by atoms with Crippen molar-refractivity contribution in [3.8, 4) is 0 Å². The molecule has 0 heterocycles. The van der Waals surface area contributed by atoms with Crippen molar-refractivity contribution in [3.63, 3.8) is 0 Å². The van der Waals surface area contributed by atoms with Gasteiger partial charge in [-0.05, 0) is 24.0 Å². The topological polar surface area (TPSA) is 54.9 Å². The van der Waals surface area contributed by atoms with Gasteiger partial charge in [0.25, 0.3) is 0 Å². The Bertz CT molecular complexity index is 504. The summed E-state index contributed by atoms with van der Waals surface area (Å²) in [5.41, 5.74) is 2.74. The number of aliphatic imine (C=N–C) groups is 1. The van der Waals surface area contributed by atoms with E-state index in [1.54, 1.807) is 14.2 Å². The number of nitrogens with zero attached hydrogens (tertiary/aromatic N) is 1. The van der Waals surface area contributed by atoms with Gasteiger partial charge in [0, 0.05) is 39.3 Å². The molecule has 6 heteroatoms. The normalized spacial score (nSPS) is 11.8. The van der Waals surface area contributed by atoms with Crippen molar-refractivity contribution in [3.05, 3.63) is 35.4 Å². The van der Waals surface area contributed by atoms with Crippen LogP contribution in [0.25, 0.3) is 0 Å². The Morgan fingerprint density at radius 1 is 1.08 bits per heavy atom.